The number of urea groups is 1. The second kappa shape index (κ2) is 9.56. The molecule has 0 aliphatic heterocycles. The molecule has 32 heavy (non-hydrogen) atoms. The number of amides is 3. The Balaban J connectivity index is 2.06. The Hall–Kier alpha value is -3.13. The molecule has 3 aromatic rings. The maximum absolute atomic E-state index is 12.6. The molecule has 1 atom stereocenters. The summed E-state index contributed by atoms with van der Waals surface area (Å²) in [4.78, 5) is 23.8. The predicted octanol–water partition coefficient (Wildman–Crippen LogP) is 4.54. The van der Waals surface area contributed by atoms with E-state index in [1.54, 1.807) is 0 Å². The molecule has 0 saturated heterocycles. The van der Waals surface area contributed by atoms with Crippen LogP contribution in [0.15, 0.2) is 59.8 Å². The first-order chi connectivity index (χ1) is 15.1. The van der Waals surface area contributed by atoms with Crippen LogP contribution in [0.2, 0.25) is 0 Å². The summed E-state index contributed by atoms with van der Waals surface area (Å²) < 4.78 is 1.93. The summed E-state index contributed by atoms with van der Waals surface area (Å²) in [5.74, 6) is 0.169. The smallest absolute Gasteiger partial charge is 0.318 e. The summed E-state index contributed by atoms with van der Waals surface area (Å²) in [6.45, 7) is 10.3. The highest BCUT2D eigenvalue weighted by molar-refractivity contribution is 8.00. The van der Waals surface area contributed by atoms with Gasteiger partial charge in [0.05, 0.1) is 5.25 Å². The fraction of sp³-hybridized carbons (Fsp3) is 0.333. The first-order valence-corrected chi connectivity index (χ1v) is 11.3. The van der Waals surface area contributed by atoms with Gasteiger partial charge in [-0.2, -0.15) is 0 Å². The number of aromatic nitrogens is 3. The minimum absolute atomic E-state index is 0.0465. The summed E-state index contributed by atoms with van der Waals surface area (Å²) in [7, 11) is 0. The molecule has 3 rings (SSSR count). The van der Waals surface area contributed by atoms with Crippen molar-refractivity contribution in [3.05, 3.63) is 60.2 Å². The molecule has 0 saturated carbocycles. The van der Waals surface area contributed by atoms with Gasteiger partial charge in [0.1, 0.15) is 0 Å². The molecule has 1 unspecified atom stereocenters. The number of thioether (sulfide) groups is 1. The molecule has 3 amide bonds. The predicted molar refractivity (Wildman–Crippen MR) is 128 cm³/mol. The zero-order valence-corrected chi connectivity index (χ0v) is 19.8. The van der Waals surface area contributed by atoms with Gasteiger partial charge in [-0.3, -0.25) is 14.7 Å². The molecule has 0 radical (unpaired) electrons. The van der Waals surface area contributed by atoms with Gasteiger partial charge in [-0.25, -0.2) is 4.79 Å². The summed E-state index contributed by atoms with van der Waals surface area (Å²) in [5, 5.41) is 11.0. The van der Waals surface area contributed by atoms with Gasteiger partial charge in [0.15, 0.2) is 11.0 Å². The third-order valence-corrected chi connectivity index (χ3v) is 6.49. The van der Waals surface area contributed by atoms with E-state index in [4.69, 9.17) is 5.73 Å². The second-order valence-corrected chi connectivity index (χ2v) is 10.0. The number of benzene rings is 2. The molecule has 1 heterocycles. The number of nitrogens with two attached hydrogens (primary N) is 1. The lowest BCUT2D eigenvalue weighted by molar-refractivity contribution is -0.120. The van der Waals surface area contributed by atoms with Gasteiger partial charge >= 0.3 is 6.03 Å². The molecule has 8 heteroatoms. The van der Waals surface area contributed by atoms with E-state index in [1.807, 2.05) is 60.9 Å². The van der Waals surface area contributed by atoms with E-state index in [9.17, 15) is 9.59 Å². The highest BCUT2D eigenvalue weighted by Crippen LogP contribution is 2.33. The summed E-state index contributed by atoms with van der Waals surface area (Å²) in [5.41, 5.74) is 8.23. The third-order valence-electron chi connectivity index (χ3n) is 5.00. The van der Waals surface area contributed by atoms with Crippen LogP contribution in [0.4, 0.5) is 4.79 Å². The standard InChI is InChI=1S/C24H29N5O2S/c1-15(2)19(21(30)26-22(25)31)32-23-28-27-20(29(23)18-9-7-6-8-10-18)16-11-13-17(14-12-16)24(3,4)5/h6-15,19H,1-5H3,(H3,25,26,30,31). The van der Waals surface area contributed by atoms with Gasteiger partial charge in [-0.1, -0.05) is 88.8 Å². The van der Waals surface area contributed by atoms with Gasteiger partial charge in [0.25, 0.3) is 0 Å². The molecule has 0 bridgehead atoms. The van der Waals surface area contributed by atoms with E-state index >= 15 is 0 Å². The molecule has 0 aliphatic carbocycles. The van der Waals surface area contributed by atoms with E-state index in [-0.39, 0.29) is 11.3 Å². The lowest BCUT2D eigenvalue weighted by Crippen LogP contribution is -2.42. The Bertz CT molecular complexity index is 1090. The molecular formula is C24H29N5O2S. The fourth-order valence-electron chi connectivity index (χ4n) is 3.26. The van der Waals surface area contributed by atoms with Crippen LogP contribution in [-0.2, 0) is 10.2 Å². The molecule has 0 spiro atoms. The Labute approximate surface area is 192 Å². The third kappa shape index (κ3) is 5.37. The minimum Gasteiger partial charge on any atom is -0.351 e. The van der Waals surface area contributed by atoms with E-state index in [1.165, 1.54) is 17.3 Å². The van der Waals surface area contributed by atoms with Crippen LogP contribution >= 0.6 is 11.8 Å². The van der Waals surface area contributed by atoms with Gasteiger partial charge in [0.2, 0.25) is 5.91 Å². The van der Waals surface area contributed by atoms with Crippen molar-refractivity contribution in [3.8, 4) is 17.1 Å². The van der Waals surface area contributed by atoms with Crippen LogP contribution in [0.1, 0.15) is 40.2 Å². The van der Waals surface area contributed by atoms with Gasteiger partial charge in [-0.05, 0) is 29.0 Å². The summed E-state index contributed by atoms with van der Waals surface area (Å²) in [6, 6.07) is 17.2. The Kier molecular flexibility index (Phi) is 7.03. The lowest BCUT2D eigenvalue weighted by atomic mass is 9.87. The second-order valence-electron chi connectivity index (χ2n) is 8.94. The molecule has 0 aliphatic rings. The molecule has 1 aromatic heterocycles. The van der Waals surface area contributed by atoms with E-state index < -0.39 is 17.2 Å². The van der Waals surface area contributed by atoms with Gasteiger partial charge in [-0.15, -0.1) is 10.2 Å². The Morgan fingerprint density at radius 2 is 1.62 bits per heavy atom. The zero-order chi connectivity index (χ0) is 23.5. The zero-order valence-electron chi connectivity index (χ0n) is 19.0. The number of imide groups is 1. The summed E-state index contributed by atoms with van der Waals surface area (Å²) in [6.07, 6.45) is 0. The van der Waals surface area contributed by atoms with Crippen molar-refractivity contribution in [3.63, 3.8) is 0 Å². The monoisotopic (exact) mass is 451 g/mol. The van der Waals surface area contributed by atoms with Crippen LogP contribution in [0, 0.1) is 5.92 Å². The van der Waals surface area contributed by atoms with Crippen molar-refractivity contribution in [1.29, 1.82) is 0 Å². The number of carbonyl (C=O) groups is 2. The van der Waals surface area contributed by atoms with Gasteiger partial charge < -0.3 is 5.73 Å². The van der Waals surface area contributed by atoms with Gasteiger partial charge in [0, 0.05) is 11.3 Å². The molecule has 3 N–H and O–H groups in total. The van der Waals surface area contributed by atoms with Crippen molar-refractivity contribution in [2.24, 2.45) is 11.7 Å². The van der Waals surface area contributed by atoms with E-state index in [0.29, 0.717) is 11.0 Å². The number of para-hydroxylation sites is 1. The number of primary amides is 1. The number of carbonyl (C=O) groups excluding carboxylic acids is 2. The van der Waals surface area contributed by atoms with Crippen molar-refractivity contribution in [2.45, 2.75) is 50.4 Å². The van der Waals surface area contributed by atoms with Crippen LogP contribution < -0.4 is 11.1 Å². The topological polar surface area (TPSA) is 103 Å². The SMILES string of the molecule is CC(C)C(Sc1nnc(-c2ccc(C(C)(C)C)cc2)n1-c1ccccc1)C(=O)NC(N)=O. The Morgan fingerprint density at radius 3 is 2.16 bits per heavy atom. The maximum atomic E-state index is 12.6. The molecular weight excluding hydrogens is 422 g/mol. The average molecular weight is 452 g/mol. The van der Waals surface area contributed by atoms with Crippen molar-refractivity contribution in [2.75, 3.05) is 0 Å². The molecule has 0 fully saturated rings. The van der Waals surface area contributed by atoms with Crippen LogP contribution in [0.5, 0.6) is 0 Å². The Morgan fingerprint density at radius 1 is 1.00 bits per heavy atom. The molecule has 7 nitrogen and oxygen atoms in total. The first-order valence-electron chi connectivity index (χ1n) is 10.5. The fourth-order valence-corrected chi connectivity index (χ4v) is 4.31. The summed E-state index contributed by atoms with van der Waals surface area (Å²) >= 11 is 1.26. The van der Waals surface area contributed by atoms with Crippen molar-refractivity contribution in [1.82, 2.24) is 20.1 Å². The van der Waals surface area contributed by atoms with E-state index in [2.05, 4.69) is 48.4 Å². The van der Waals surface area contributed by atoms with Crippen molar-refractivity contribution >= 4 is 23.7 Å². The van der Waals surface area contributed by atoms with Crippen LogP contribution in [-0.4, -0.2) is 32.0 Å². The normalized spacial score (nSPS) is 12.6. The quantitative estimate of drug-likeness (QED) is 0.536. The number of hydrogen-bond donors (Lipinski definition) is 2. The average Bonchev–Trinajstić information content (AvgIpc) is 3.15. The molecule has 2 aromatic carbocycles. The lowest BCUT2D eigenvalue weighted by Gasteiger charge is -2.20. The maximum Gasteiger partial charge on any atom is 0.318 e. The number of hydrogen-bond acceptors (Lipinski definition) is 5. The highest BCUT2D eigenvalue weighted by atomic mass is 32.2. The molecule has 168 valence electrons. The van der Waals surface area contributed by atoms with Crippen LogP contribution in [0.25, 0.3) is 17.1 Å². The van der Waals surface area contributed by atoms with Crippen molar-refractivity contribution < 1.29 is 9.59 Å². The minimum atomic E-state index is -0.870. The highest BCUT2D eigenvalue weighted by Gasteiger charge is 2.28. The first kappa shape index (κ1) is 23.5. The van der Waals surface area contributed by atoms with Crippen LogP contribution in [0.3, 0.4) is 0 Å². The largest absolute Gasteiger partial charge is 0.351 e. The number of nitrogens with zero attached hydrogens (tertiary/aromatic N) is 3. The van der Waals surface area contributed by atoms with E-state index in [0.717, 1.165) is 11.3 Å². The number of rotatable bonds is 6. The number of nitrogens with one attached hydrogen (secondary N) is 1.